The molecule has 0 amide bonds. The Bertz CT molecular complexity index is 497. The van der Waals surface area contributed by atoms with Gasteiger partial charge in [-0.05, 0) is 55.2 Å². The lowest BCUT2D eigenvalue weighted by Gasteiger charge is -2.27. The maximum absolute atomic E-state index is 12.3. The molecular weight excluding hydrogens is 310 g/mol. The summed E-state index contributed by atoms with van der Waals surface area (Å²) in [6.07, 6.45) is 3.21. The van der Waals surface area contributed by atoms with E-state index >= 15 is 0 Å². The van der Waals surface area contributed by atoms with Crippen LogP contribution in [0.1, 0.15) is 71.2 Å². The average molecular weight is 348 g/mol. The molecule has 0 aliphatic rings. The third-order valence-electron chi connectivity index (χ3n) is 4.33. The van der Waals surface area contributed by atoms with E-state index in [0.29, 0.717) is 29.9 Å². The molecule has 0 N–H and O–H groups in total. The molecule has 1 rings (SSSR count). The minimum Gasteiger partial charge on any atom is -0.462 e. The molecule has 0 saturated carbocycles. The fourth-order valence-electron chi connectivity index (χ4n) is 2.50. The number of carbonyl (C=O) groups is 1. The fraction of sp³-hybridized carbons (Fsp3) is 0.682. The van der Waals surface area contributed by atoms with Crippen LogP contribution in [0.4, 0.5) is 5.69 Å². The van der Waals surface area contributed by atoms with Gasteiger partial charge in [-0.3, -0.25) is 0 Å². The summed E-state index contributed by atoms with van der Waals surface area (Å²) in [5.41, 5.74) is 1.78. The van der Waals surface area contributed by atoms with E-state index in [1.807, 2.05) is 18.2 Å². The molecule has 0 aromatic heterocycles. The van der Waals surface area contributed by atoms with Crippen molar-refractivity contribution in [3.63, 3.8) is 0 Å². The number of benzene rings is 1. The normalized spacial score (nSPS) is 11.4. The maximum Gasteiger partial charge on any atom is 0.338 e. The number of anilines is 1. The molecular formula is C22H37NO2. The van der Waals surface area contributed by atoms with Crippen molar-refractivity contribution in [1.82, 2.24) is 0 Å². The second-order valence-electron chi connectivity index (χ2n) is 8.22. The summed E-state index contributed by atoms with van der Waals surface area (Å²) in [6.45, 7) is 15.8. The van der Waals surface area contributed by atoms with Crippen molar-refractivity contribution < 1.29 is 9.53 Å². The van der Waals surface area contributed by atoms with E-state index < -0.39 is 0 Å². The largest absolute Gasteiger partial charge is 0.462 e. The highest BCUT2D eigenvalue weighted by Gasteiger charge is 2.13. The quantitative estimate of drug-likeness (QED) is 0.475. The third-order valence-corrected chi connectivity index (χ3v) is 4.33. The predicted octanol–water partition coefficient (Wildman–Crippen LogP) is 5.79. The van der Waals surface area contributed by atoms with Gasteiger partial charge in [0.05, 0.1) is 12.2 Å². The zero-order valence-electron chi connectivity index (χ0n) is 17.0. The highest BCUT2D eigenvalue weighted by molar-refractivity contribution is 5.90. The summed E-state index contributed by atoms with van der Waals surface area (Å²) < 4.78 is 5.41. The topological polar surface area (TPSA) is 29.5 Å². The second-order valence-corrected chi connectivity index (χ2v) is 8.22. The second kappa shape index (κ2) is 11.2. The molecule has 0 unspecified atom stereocenters. The zero-order chi connectivity index (χ0) is 18.8. The first-order chi connectivity index (χ1) is 11.8. The molecule has 0 fully saturated rings. The highest BCUT2D eigenvalue weighted by Crippen LogP contribution is 2.20. The van der Waals surface area contributed by atoms with E-state index in [0.717, 1.165) is 38.0 Å². The van der Waals surface area contributed by atoms with Crippen molar-refractivity contribution in [1.29, 1.82) is 0 Å². The van der Waals surface area contributed by atoms with E-state index in [1.54, 1.807) is 0 Å². The van der Waals surface area contributed by atoms with Crippen molar-refractivity contribution in [3.8, 4) is 0 Å². The van der Waals surface area contributed by atoms with Gasteiger partial charge < -0.3 is 9.64 Å². The summed E-state index contributed by atoms with van der Waals surface area (Å²) in [5.74, 6) is 1.67. The number of hydrogen-bond acceptors (Lipinski definition) is 3. The van der Waals surface area contributed by atoms with Gasteiger partial charge in [0.15, 0.2) is 0 Å². The van der Waals surface area contributed by atoms with Gasteiger partial charge in [-0.2, -0.15) is 0 Å². The molecule has 0 saturated heterocycles. The lowest BCUT2D eigenvalue weighted by atomic mass is 10.1. The van der Waals surface area contributed by atoms with Gasteiger partial charge in [-0.15, -0.1) is 0 Å². The molecule has 0 atom stereocenters. The van der Waals surface area contributed by atoms with Crippen LogP contribution in [-0.4, -0.2) is 25.7 Å². The van der Waals surface area contributed by atoms with Crippen LogP contribution in [0.15, 0.2) is 24.3 Å². The number of nitrogens with zero attached hydrogens (tertiary/aromatic N) is 1. The molecule has 142 valence electrons. The number of esters is 1. The van der Waals surface area contributed by atoms with Gasteiger partial charge in [0, 0.05) is 18.8 Å². The maximum atomic E-state index is 12.3. The summed E-state index contributed by atoms with van der Waals surface area (Å²) in [5, 5.41) is 0. The van der Waals surface area contributed by atoms with Crippen LogP contribution in [0, 0.1) is 17.8 Å². The lowest BCUT2D eigenvalue weighted by molar-refractivity contribution is 0.0488. The van der Waals surface area contributed by atoms with Crippen LogP contribution in [0.2, 0.25) is 0 Å². The summed E-state index contributed by atoms with van der Waals surface area (Å²) in [7, 11) is 0. The number of rotatable bonds is 11. The Morgan fingerprint density at radius 2 is 1.48 bits per heavy atom. The van der Waals surface area contributed by atoms with Crippen LogP contribution in [0.5, 0.6) is 0 Å². The van der Waals surface area contributed by atoms with Crippen LogP contribution in [-0.2, 0) is 4.74 Å². The van der Waals surface area contributed by atoms with Crippen LogP contribution in [0.3, 0.4) is 0 Å². The molecule has 0 bridgehead atoms. The molecule has 25 heavy (non-hydrogen) atoms. The van der Waals surface area contributed by atoms with Crippen molar-refractivity contribution in [2.45, 2.75) is 60.8 Å². The number of carbonyl (C=O) groups excluding carboxylic acids is 1. The molecule has 0 aliphatic heterocycles. The Morgan fingerprint density at radius 3 is 2.00 bits per heavy atom. The minimum atomic E-state index is -0.213. The Morgan fingerprint density at radius 1 is 0.920 bits per heavy atom. The van der Waals surface area contributed by atoms with Gasteiger partial charge >= 0.3 is 5.97 Å². The number of hydrogen-bond donors (Lipinski definition) is 0. The van der Waals surface area contributed by atoms with E-state index in [2.05, 4.69) is 52.5 Å². The van der Waals surface area contributed by atoms with E-state index in [1.165, 1.54) is 0 Å². The van der Waals surface area contributed by atoms with Crippen LogP contribution >= 0.6 is 0 Å². The Labute approximate surface area is 154 Å². The Balaban J connectivity index is 2.79. The van der Waals surface area contributed by atoms with E-state index in [9.17, 15) is 4.79 Å². The van der Waals surface area contributed by atoms with Crippen LogP contribution in [0.25, 0.3) is 0 Å². The monoisotopic (exact) mass is 347 g/mol. The molecule has 1 aromatic carbocycles. The Kier molecular flexibility index (Phi) is 9.62. The van der Waals surface area contributed by atoms with Crippen LogP contribution < -0.4 is 4.90 Å². The van der Waals surface area contributed by atoms with Gasteiger partial charge in [0.2, 0.25) is 0 Å². The first-order valence-electron chi connectivity index (χ1n) is 9.81. The predicted molar refractivity (Wildman–Crippen MR) is 107 cm³/mol. The van der Waals surface area contributed by atoms with Crippen molar-refractivity contribution >= 4 is 11.7 Å². The van der Waals surface area contributed by atoms with Crippen molar-refractivity contribution in [2.24, 2.45) is 17.8 Å². The Hall–Kier alpha value is -1.51. The summed E-state index contributed by atoms with van der Waals surface area (Å²) in [6, 6.07) is 7.90. The smallest absolute Gasteiger partial charge is 0.338 e. The SMILES string of the molecule is CC(C)CCOC(=O)c1cccc(N(CCC(C)C)CCC(C)C)c1. The first-order valence-corrected chi connectivity index (χ1v) is 9.81. The summed E-state index contributed by atoms with van der Waals surface area (Å²) in [4.78, 5) is 14.7. The van der Waals surface area contributed by atoms with Gasteiger partial charge in [0.25, 0.3) is 0 Å². The molecule has 0 spiro atoms. The molecule has 3 nitrogen and oxygen atoms in total. The molecule has 1 aromatic rings. The van der Waals surface area contributed by atoms with Gasteiger partial charge in [-0.25, -0.2) is 4.79 Å². The number of ether oxygens (including phenoxy) is 1. The molecule has 0 radical (unpaired) electrons. The molecule has 3 heteroatoms. The van der Waals surface area contributed by atoms with Crippen molar-refractivity contribution in [2.75, 3.05) is 24.6 Å². The molecule has 0 aliphatic carbocycles. The van der Waals surface area contributed by atoms with E-state index in [4.69, 9.17) is 4.74 Å². The average Bonchev–Trinajstić information content (AvgIpc) is 2.54. The minimum absolute atomic E-state index is 0.213. The fourth-order valence-corrected chi connectivity index (χ4v) is 2.50. The standard InChI is InChI=1S/C22H37NO2/c1-17(2)10-13-23(14-11-18(3)4)21-9-7-8-20(16-21)22(24)25-15-12-19(5)6/h7-9,16-19H,10-15H2,1-6H3. The zero-order valence-corrected chi connectivity index (χ0v) is 17.0. The van der Waals surface area contributed by atoms with E-state index in [-0.39, 0.29) is 5.97 Å². The third kappa shape index (κ3) is 8.94. The van der Waals surface area contributed by atoms with Crippen molar-refractivity contribution in [3.05, 3.63) is 29.8 Å². The highest BCUT2D eigenvalue weighted by atomic mass is 16.5. The first kappa shape index (κ1) is 21.5. The summed E-state index contributed by atoms with van der Waals surface area (Å²) >= 11 is 0. The van der Waals surface area contributed by atoms with Gasteiger partial charge in [0.1, 0.15) is 0 Å². The lowest BCUT2D eigenvalue weighted by Crippen LogP contribution is -2.27. The molecule has 0 heterocycles. The van der Waals surface area contributed by atoms with Gasteiger partial charge in [-0.1, -0.05) is 47.6 Å².